The van der Waals surface area contributed by atoms with Gasteiger partial charge in [-0.15, -0.1) is 0 Å². The average Bonchev–Trinajstić information content (AvgIpc) is 2.82. The minimum Gasteiger partial charge on any atom is -0.390 e. The van der Waals surface area contributed by atoms with Gasteiger partial charge < -0.3 is 5.11 Å². The highest BCUT2D eigenvalue weighted by atomic mass is 16.3. The van der Waals surface area contributed by atoms with E-state index in [0.29, 0.717) is 0 Å². The minimum atomic E-state index is 0.281. The Morgan fingerprint density at radius 2 is 1.67 bits per heavy atom. The third kappa shape index (κ3) is 5.96. The molecule has 1 heterocycles. The molecule has 0 amide bonds. The van der Waals surface area contributed by atoms with Gasteiger partial charge in [0.25, 0.3) is 0 Å². The van der Waals surface area contributed by atoms with Crippen LogP contribution in [-0.2, 0) is 0 Å². The second-order valence-electron chi connectivity index (χ2n) is 5.61. The van der Waals surface area contributed by atoms with E-state index in [4.69, 9.17) is 5.11 Å². The van der Waals surface area contributed by atoms with E-state index in [0.717, 1.165) is 24.1 Å². The monoisotopic (exact) mass is 255 g/mol. The average molecular weight is 255 g/mol. The number of hydrogen-bond donors (Lipinski definition) is 1. The predicted molar refractivity (Wildman–Crippen MR) is 77.9 cm³/mol. The Morgan fingerprint density at radius 3 is 2.22 bits per heavy atom. The number of quaternary nitrogens is 1. The number of aliphatic imine (C=N–C) groups is 1. The van der Waals surface area contributed by atoms with Gasteiger partial charge >= 0.3 is 0 Å². The summed E-state index contributed by atoms with van der Waals surface area (Å²) in [5, 5.41) is 9.14. The molecule has 1 aliphatic heterocycles. The second kappa shape index (κ2) is 9.51. The lowest BCUT2D eigenvalue weighted by molar-refractivity contribution is -0.829. The Kier molecular flexibility index (Phi) is 8.27. The first-order valence-electron chi connectivity index (χ1n) is 7.80. The van der Waals surface area contributed by atoms with E-state index < -0.39 is 0 Å². The number of aliphatic hydroxyl groups excluding tert-OH is 1. The molecule has 0 spiro atoms. The molecule has 0 bridgehead atoms. The topological polar surface area (TPSA) is 32.6 Å². The molecule has 0 aromatic heterocycles. The lowest BCUT2D eigenvalue weighted by atomic mass is 10.1. The van der Waals surface area contributed by atoms with Crippen LogP contribution in [0, 0.1) is 0 Å². The maximum Gasteiger partial charge on any atom is 0.185 e. The molecule has 0 saturated carbocycles. The highest BCUT2D eigenvalue weighted by Crippen LogP contribution is 2.13. The van der Waals surface area contributed by atoms with Crippen LogP contribution in [0.4, 0.5) is 0 Å². The standard InChI is InChI=1S/C15H31N2O/c1-2-3-4-5-6-7-8-9-11-17(13-14-18)12-10-16-15-17/h15,18H,2-14H2,1H3/q+1. The molecule has 1 N–H and O–H groups in total. The number of hydrogen-bond acceptors (Lipinski definition) is 2. The molecule has 0 fully saturated rings. The molecule has 0 aliphatic carbocycles. The molecule has 3 heteroatoms. The summed E-state index contributed by atoms with van der Waals surface area (Å²) in [6, 6.07) is 0. The van der Waals surface area contributed by atoms with Crippen molar-refractivity contribution in [1.82, 2.24) is 0 Å². The van der Waals surface area contributed by atoms with Crippen molar-refractivity contribution in [2.75, 3.05) is 32.8 Å². The summed E-state index contributed by atoms with van der Waals surface area (Å²) in [6.45, 7) is 6.60. The van der Waals surface area contributed by atoms with Crippen LogP contribution in [0.15, 0.2) is 4.99 Å². The van der Waals surface area contributed by atoms with Crippen molar-refractivity contribution in [2.45, 2.75) is 58.3 Å². The molecule has 1 atom stereocenters. The van der Waals surface area contributed by atoms with Crippen LogP contribution in [0.1, 0.15) is 58.3 Å². The van der Waals surface area contributed by atoms with Crippen molar-refractivity contribution >= 4 is 6.34 Å². The van der Waals surface area contributed by atoms with Crippen LogP contribution in [0.3, 0.4) is 0 Å². The Labute approximate surface area is 113 Å². The van der Waals surface area contributed by atoms with Gasteiger partial charge in [0.05, 0.1) is 19.7 Å². The van der Waals surface area contributed by atoms with E-state index in [2.05, 4.69) is 18.3 Å². The molecule has 0 saturated heterocycles. The first-order valence-corrected chi connectivity index (χ1v) is 7.80. The van der Waals surface area contributed by atoms with Gasteiger partial charge in [0.1, 0.15) is 13.1 Å². The molecule has 3 nitrogen and oxygen atoms in total. The first-order chi connectivity index (χ1) is 8.83. The Balaban J connectivity index is 2.00. The zero-order valence-corrected chi connectivity index (χ0v) is 12.1. The maximum atomic E-state index is 9.14. The van der Waals surface area contributed by atoms with Crippen molar-refractivity contribution < 1.29 is 9.59 Å². The second-order valence-corrected chi connectivity index (χ2v) is 5.61. The molecule has 106 valence electrons. The van der Waals surface area contributed by atoms with Crippen molar-refractivity contribution in [3.05, 3.63) is 0 Å². The largest absolute Gasteiger partial charge is 0.390 e. The molecule has 0 aromatic carbocycles. The zero-order valence-electron chi connectivity index (χ0n) is 12.1. The maximum absolute atomic E-state index is 9.14. The third-order valence-electron chi connectivity index (χ3n) is 4.00. The lowest BCUT2D eigenvalue weighted by Gasteiger charge is -2.29. The van der Waals surface area contributed by atoms with Crippen LogP contribution in [0.25, 0.3) is 0 Å². The fourth-order valence-electron chi connectivity index (χ4n) is 2.76. The Hall–Kier alpha value is -0.410. The number of rotatable bonds is 11. The van der Waals surface area contributed by atoms with Crippen LogP contribution in [0.2, 0.25) is 0 Å². The normalized spacial score (nSPS) is 22.8. The Morgan fingerprint density at radius 1 is 1.00 bits per heavy atom. The van der Waals surface area contributed by atoms with Gasteiger partial charge in [0, 0.05) is 0 Å². The molecule has 1 rings (SSSR count). The van der Waals surface area contributed by atoms with Gasteiger partial charge in [-0.1, -0.05) is 45.4 Å². The van der Waals surface area contributed by atoms with Crippen molar-refractivity contribution in [2.24, 2.45) is 4.99 Å². The molecule has 18 heavy (non-hydrogen) atoms. The smallest absolute Gasteiger partial charge is 0.185 e. The summed E-state index contributed by atoms with van der Waals surface area (Å²) in [6.07, 6.45) is 13.0. The van der Waals surface area contributed by atoms with E-state index in [9.17, 15) is 0 Å². The van der Waals surface area contributed by atoms with E-state index in [1.807, 2.05) is 0 Å². The van der Waals surface area contributed by atoms with E-state index in [1.165, 1.54) is 57.9 Å². The quantitative estimate of drug-likeness (QED) is 0.447. The number of aliphatic hydroxyl groups is 1. The lowest BCUT2D eigenvalue weighted by Crippen LogP contribution is -2.48. The predicted octanol–water partition coefficient (Wildman–Crippen LogP) is 2.98. The molecular weight excluding hydrogens is 224 g/mol. The first kappa shape index (κ1) is 15.6. The van der Waals surface area contributed by atoms with Gasteiger partial charge in [0.2, 0.25) is 0 Å². The van der Waals surface area contributed by atoms with Gasteiger partial charge in [-0.2, -0.15) is 0 Å². The van der Waals surface area contributed by atoms with E-state index in [-0.39, 0.29) is 6.61 Å². The van der Waals surface area contributed by atoms with E-state index >= 15 is 0 Å². The SMILES string of the molecule is CCCCCCCCCC[N+]1(CCO)C=NCC1. The summed E-state index contributed by atoms with van der Waals surface area (Å²) in [4.78, 5) is 4.34. The van der Waals surface area contributed by atoms with Crippen molar-refractivity contribution in [3.8, 4) is 0 Å². The summed E-state index contributed by atoms with van der Waals surface area (Å²) in [5.74, 6) is 0. The molecule has 1 aliphatic rings. The summed E-state index contributed by atoms with van der Waals surface area (Å²) in [5.41, 5.74) is 0. The highest BCUT2D eigenvalue weighted by molar-refractivity contribution is 5.48. The van der Waals surface area contributed by atoms with Crippen molar-refractivity contribution in [1.29, 1.82) is 0 Å². The minimum absolute atomic E-state index is 0.281. The van der Waals surface area contributed by atoms with Crippen molar-refractivity contribution in [3.63, 3.8) is 0 Å². The number of nitrogens with zero attached hydrogens (tertiary/aromatic N) is 2. The molecule has 1 unspecified atom stereocenters. The molecule has 0 radical (unpaired) electrons. The van der Waals surface area contributed by atoms with Crippen LogP contribution >= 0.6 is 0 Å². The third-order valence-corrected chi connectivity index (χ3v) is 4.00. The summed E-state index contributed by atoms with van der Waals surface area (Å²) in [7, 11) is 0. The Bertz CT molecular complexity index is 231. The summed E-state index contributed by atoms with van der Waals surface area (Å²) >= 11 is 0. The van der Waals surface area contributed by atoms with Gasteiger partial charge in [-0.05, 0) is 12.8 Å². The van der Waals surface area contributed by atoms with Gasteiger partial charge in [-0.25, -0.2) is 4.99 Å². The molecular formula is C15H31N2O+. The number of unbranched alkanes of at least 4 members (excludes halogenated alkanes) is 7. The highest BCUT2D eigenvalue weighted by Gasteiger charge is 2.27. The van der Waals surface area contributed by atoms with Crippen LogP contribution in [0.5, 0.6) is 0 Å². The van der Waals surface area contributed by atoms with Gasteiger partial charge in [0.15, 0.2) is 6.34 Å². The van der Waals surface area contributed by atoms with Gasteiger partial charge in [-0.3, -0.25) is 4.48 Å². The zero-order chi connectivity index (χ0) is 13.1. The summed E-state index contributed by atoms with van der Waals surface area (Å²) < 4.78 is 0.923. The fourth-order valence-corrected chi connectivity index (χ4v) is 2.76. The van der Waals surface area contributed by atoms with Crippen LogP contribution in [-0.4, -0.2) is 48.7 Å². The molecule has 0 aromatic rings. The van der Waals surface area contributed by atoms with Crippen LogP contribution < -0.4 is 0 Å². The van der Waals surface area contributed by atoms with E-state index in [1.54, 1.807) is 0 Å². The fraction of sp³-hybridized carbons (Fsp3) is 0.933.